The number of carbonyl (C=O) groups excluding carboxylic acids is 4. The molecule has 4 unspecified atom stereocenters. The summed E-state index contributed by atoms with van der Waals surface area (Å²) in [4.78, 5) is 53.1. The van der Waals surface area contributed by atoms with Crippen LogP contribution >= 0.6 is 0 Å². The summed E-state index contributed by atoms with van der Waals surface area (Å²) < 4.78 is 0. The maximum absolute atomic E-state index is 13.5. The van der Waals surface area contributed by atoms with Gasteiger partial charge in [0.25, 0.3) is 0 Å². The van der Waals surface area contributed by atoms with E-state index in [2.05, 4.69) is 10.6 Å². The highest BCUT2D eigenvalue weighted by Crippen LogP contribution is 2.53. The van der Waals surface area contributed by atoms with Crippen LogP contribution in [0.1, 0.15) is 17.5 Å². The Bertz CT molecular complexity index is 1100. The zero-order valence-corrected chi connectivity index (χ0v) is 16.7. The molecule has 8 nitrogen and oxygen atoms in total. The second-order valence-electron chi connectivity index (χ2n) is 8.30. The summed E-state index contributed by atoms with van der Waals surface area (Å²) in [6.45, 7) is 0.220. The number of nitrogens with two attached hydrogens (primary N) is 1. The van der Waals surface area contributed by atoms with E-state index in [9.17, 15) is 19.2 Å². The van der Waals surface area contributed by atoms with Gasteiger partial charge in [0.1, 0.15) is 5.54 Å². The molecule has 2 aromatic rings. The normalized spacial score (nSPS) is 28.7. The third kappa shape index (κ3) is 2.79. The van der Waals surface area contributed by atoms with Crippen molar-refractivity contribution in [1.82, 2.24) is 10.2 Å². The van der Waals surface area contributed by atoms with E-state index in [4.69, 9.17) is 5.73 Å². The summed E-state index contributed by atoms with van der Waals surface area (Å²) in [7, 11) is 0. The second-order valence-corrected chi connectivity index (χ2v) is 8.30. The number of fused-ring (bicyclic) bond motifs is 4. The summed E-state index contributed by atoms with van der Waals surface area (Å²) in [6.07, 6.45) is 0.380. The molecule has 0 radical (unpaired) electrons. The van der Waals surface area contributed by atoms with Crippen LogP contribution in [0.15, 0.2) is 54.6 Å². The van der Waals surface area contributed by atoms with E-state index < -0.39 is 35.2 Å². The first kappa shape index (κ1) is 19.4. The van der Waals surface area contributed by atoms with E-state index >= 15 is 0 Å². The number of benzene rings is 2. The van der Waals surface area contributed by atoms with Crippen molar-refractivity contribution in [2.45, 2.75) is 24.4 Å². The molecular formula is C23H22N4O4. The highest BCUT2D eigenvalue weighted by molar-refractivity contribution is 6.15. The molecule has 2 fully saturated rings. The molecule has 0 saturated carbocycles. The van der Waals surface area contributed by atoms with Crippen molar-refractivity contribution in [3.63, 3.8) is 0 Å². The van der Waals surface area contributed by atoms with Crippen LogP contribution in [-0.2, 0) is 31.1 Å². The van der Waals surface area contributed by atoms with Crippen molar-refractivity contribution in [2.75, 3.05) is 11.9 Å². The van der Waals surface area contributed by atoms with Gasteiger partial charge in [-0.1, -0.05) is 48.5 Å². The Morgan fingerprint density at radius 3 is 2.45 bits per heavy atom. The Labute approximate surface area is 178 Å². The van der Waals surface area contributed by atoms with Crippen LogP contribution in [-0.4, -0.2) is 41.1 Å². The molecule has 4 amide bonds. The summed E-state index contributed by atoms with van der Waals surface area (Å²) in [6, 6.07) is 16.0. The average molecular weight is 418 g/mol. The fraction of sp³-hybridized carbons (Fsp3) is 0.304. The van der Waals surface area contributed by atoms with Gasteiger partial charge in [-0.05, 0) is 18.1 Å². The molecule has 3 aliphatic rings. The van der Waals surface area contributed by atoms with E-state index in [1.54, 1.807) is 24.3 Å². The summed E-state index contributed by atoms with van der Waals surface area (Å²) in [5.74, 6) is -3.49. The fourth-order valence-electron chi connectivity index (χ4n) is 5.32. The second kappa shape index (κ2) is 7.02. The van der Waals surface area contributed by atoms with E-state index in [0.717, 1.165) is 5.56 Å². The lowest BCUT2D eigenvalue weighted by atomic mass is 9.76. The van der Waals surface area contributed by atoms with Gasteiger partial charge < -0.3 is 11.1 Å². The van der Waals surface area contributed by atoms with E-state index in [-0.39, 0.29) is 24.8 Å². The summed E-state index contributed by atoms with van der Waals surface area (Å²) >= 11 is 0. The van der Waals surface area contributed by atoms with Crippen molar-refractivity contribution in [1.29, 1.82) is 0 Å². The number of hydrogen-bond acceptors (Lipinski definition) is 5. The molecule has 3 heterocycles. The lowest BCUT2D eigenvalue weighted by molar-refractivity contribution is -0.142. The average Bonchev–Trinajstić information content (AvgIpc) is 3.32. The first-order chi connectivity index (χ1) is 14.9. The Hall–Kier alpha value is -3.52. The minimum Gasteiger partial charge on any atom is -0.370 e. The maximum atomic E-state index is 13.5. The predicted octanol–water partition coefficient (Wildman–Crippen LogP) is 0.525. The molecule has 8 heteroatoms. The number of nitrogens with one attached hydrogen (secondary N) is 2. The number of para-hydroxylation sites is 1. The zero-order valence-electron chi connectivity index (χ0n) is 16.7. The summed E-state index contributed by atoms with van der Waals surface area (Å²) in [5.41, 5.74) is 6.26. The van der Waals surface area contributed by atoms with Gasteiger partial charge in [-0.15, -0.1) is 0 Å². The first-order valence-electron chi connectivity index (χ1n) is 10.3. The number of nitrogens with zero attached hydrogens (tertiary/aromatic N) is 1. The van der Waals surface area contributed by atoms with Gasteiger partial charge in [0.15, 0.2) is 0 Å². The number of anilines is 1. The van der Waals surface area contributed by atoms with Gasteiger partial charge in [-0.2, -0.15) is 0 Å². The van der Waals surface area contributed by atoms with Crippen molar-refractivity contribution < 1.29 is 19.2 Å². The number of amides is 4. The molecule has 2 aromatic carbocycles. The van der Waals surface area contributed by atoms with Crippen LogP contribution in [0, 0.1) is 11.8 Å². The number of hydrogen-bond donors (Lipinski definition) is 3. The predicted molar refractivity (Wildman–Crippen MR) is 111 cm³/mol. The minimum atomic E-state index is -1.39. The molecule has 2 saturated heterocycles. The Morgan fingerprint density at radius 2 is 1.71 bits per heavy atom. The molecule has 0 aliphatic carbocycles. The number of primary amides is 1. The highest BCUT2D eigenvalue weighted by atomic mass is 16.2. The third-order valence-corrected chi connectivity index (χ3v) is 6.60. The largest absolute Gasteiger partial charge is 0.370 e. The molecule has 0 aromatic heterocycles. The number of rotatable bonds is 5. The molecule has 4 N–H and O–H groups in total. The van der Waals surface area contributed by atoms with Gasteiger partial charge in [0.2, 0.25) is 23.6 Å². The standard InChI is InChI=1S/C23H22N4O4/c24-17(28)12-16-18-19(23(26-16)14-8-4-5-9-15(14)25-22(23)31)21(30)27(20(18)29)11-10-13-6-2-1-3-7-13/h1-9,16,18-19,26H,10-12H2,(H2,24,28)(H,25,31). The van der Waals surface area contributed by atoms with Crippen molar-refractivity contribution in [2.24, 2.45) is 17.6 Å². The van der Waals surface area contributed by atoms with Crippen molar-refractivity contribution >= 4 is 29.3 Å². The maximum Gasteiger partial charge on any atom is 0.250 e. The quantitative estimate of drug-likeness (QED) is 0.612. The zero-order chi connectivity index (χ0) is 21.8. The van der Waals surface area contributed by atoms with Crippen LogP contribution < -0.4 is 16.4 Å². The van der Waals surface area contributed by atoms with Gasteiger partial charge >= 0.3 is 0 Å². The van der Waals surface area contributed by atoms with Crippen LogP contribution in [0.4, 0.5) is 5.69 Å². The number of likely N-dealkylation sites (tertiary alicyclic amines) is 1. The lowest BCUT2D eigenvalue weighted by Gasteiger charge is -2.29. The molecule has 158 valence electrons. The SMILES string of the molecule is NC(=O)CC1NC2(C(=O)Nc3ccccc32)C2C(=O)N(CCc3ccccc3)C(=O)C12. The Morgan fingerprint density at radius 1 is 1.00 bits per heavy atom. The molecule has 3 aliphatic heterocycles. The lowest BCUT2D eigenvalue weighted by Crippen LogP contribution is -2.53. The van der Waals surface area contributed by atoms with Crippen molar-refractivity contribution in [3.8, 4) is 0 Å². The highest BCUT2D eigenvalue weighted by Gasteiger charge is 2.70. The van der Waals surface area contributed by atoms with E-state index in [1.165, 1.54) is 4.90 Å². The van der Waals surface area contributed by atoms with Gasteiger partial charge in [-0.25, -0.2) is 0 Å². The smallest absolute Gasteiger partial charge is 0.250 e. The minimum absolute atomic E-state index is 0.135. The molecular weight excluding hydrogens is 396 g/mol. The van der Waals surface area contributed by atoms with Crippen LogP contribution in [0.3, 0.4) is 0 Å². The fourth-order valence-corrected chi connectivity index (χ4v) is 5.32. The van der Waals surface area contributed by atoms with Crippen molar-refractivity contribution in [3.05, 3.63) is 65.7 Å². The molecule has 1 spiro atoms. The topological polar surface area (TPSA) is 122 Å². The number of carbonyl (C=O) groups is 4. The van der Waals surface area contributed by atoms with Gasteiger partial charge in [0, 0.05) is 30.3 Å². The third-order valence-electron chi connectivity index (χ3n) is 6.60. The monoisotopic (exact) mass is 418 g/mol. The van der Waals surface area contributed by atoms with E-state index in [0.29, 0.717) is 17.7 Å². The molecule has 0 bridgehead atoms. The van der Waals surface area contributed by atoms with Gasteiger partial charge in [-0.3, -0.25) is 29.4 Å². The van der Waals surface area contributed by atoms with Gasteiger partial charge in [0.05, 0.1) is 11.8 Å². The molecule has 5 rings (SSSR count). The number of imide groups is 1. The molecule has 31 heavy (non-hydrogen) atoms. The van der Waals surface area contributed by atoms with Crippen LogP contribution in [0.25, 0.3) is 0 Å². The van der Waals surface area contributed by atoms with Crippen LogP contribution in [0.5, 0.6) is 0 Å². The first-order valence-corrected chi connectivity index (χ1v) is 10.3. The Kier molecular flexibility index (Phi) is 4.40. The van der Waals surface area contributed by atoms with Crippen LogP contribution in [0.2, 0.25) is 0 Å². The molecule has 4 atom stereocenters. The summed E-state index contributed by atoms with van der Waals surface area (Å²) in [5, 5.41) is 6.00. The Balaban J connectivity index is 1.53. The van der Waals surface area contributed by atoms with E-state index in [1.807, 2.05) is 30.3 Å².